The van der Waals surface area contributed by atoms with E-state index in [1.165, 1.54) is 4.31 Å². The Kier molecular flexibility index (Phi) is 6.03. The lowest BCUT2D eigenvalue weighted by molar-refractivity contribution is -0.124. The third kappa shape index (κ3) is 4.10. The molecule has 2 aromatic rings. The van der Waals surface area contributed by atoms with E-state index in [1.54, 1.807) is 43.9 Å². The first kappa shape index (κ1) is 19.7. The SMILES string of the molecule is COc1ccc(CNC(=O)C2CCCN2S(=O)(=O)c2cccs2)cc1OC. The second kappa shape index (κ2) is 8.28. The standard InChI is InChI=1S/C18H22N2O5S2/c1-24-15-8-7-13(11-16(15)25-2)12-19-18(21)14-5-3-9-20(14)27(22,23)17-6-4-10-26-17/h4,6-8,10-11,14H,3,5,9,12H2,1-2H3,(H,19,21). The maximum absolute atomic E-state index is 12.8. The lowest BCUT2D eigenvalue weighted by Crippen LogP contribution is -2.45. The Bertz CT molecular complexity index is 896. The summed E-state index contributed by atoms with van der Waals surface area (Å²) in [7, 11) is -0.532. The number of ether oxygens (including phenoxy) is 2. The molecule has 1 aliphatic heterocycles. The van der Waals surface area contributed by atoms with Crippen LogP contribution in [0.25, 0.3) is 0 Å². The van der Waals surface area contributed by atoms with Crippen LogP contribution in [-0.4, -0.2) is 45.4 Å². The van der Waals surface area contributed by atoms with E-state index in [2.05, 4.69) is 5.32 Å². The predicted octanol–water partition coefficient (Wildman–Crippen LogP) is 2.23. The van der Waals surface area contributed by atoms with E-state index in [0.717, 1.165) is 16.9 Å². The summed E-state index contributed by atoms with van der Waals surface area (Å²) in [6.45, 7) is 0.636. The van der Waals surface area contributed by atoms with E-state index in [1.807, 2.05) is 6.07 Å². The molecule has 1 amide bonds. The van der Waals surface area contributed by atoms with Crippen LogP contribution in [0.1, 0.15) is 18.4 Å². The van der Waals surface area contributed by atoms with Crippen molar-refractivity contribution in [2.45, 2.75) is 29.6 Å². The van der Waals surface area contributed by atoms with Gasteiger partial charge in [0.2, 0.25) is 5.91 Å². The maximum atomic E-state index is 12.8. The van der Waals surface area contributed by atoms with Crippen molar-refractivity contribution in [1.29, 1.82) is 0 Å². The Labute approximate surface area is 163 Å². The van der Waals surface area contributed by atoms with Crippen molar-refractivity contribution in [2.75, 3.05) is 20.8 Å². The van der Waals surface area contributed by atoms with Crippen molar-refractivity contribution in [1.82, 2.24) is 9.62 Å². The molecule has 0 saturated carbocycles. The molecule has 1 unspecified atom stereocenters. The average Bonchev–Trinajstić information content (AvgIpc) is 3.38. The zero-order chi connectivity index (χ0) is 19.4. The molecule has 0 spiro atoms. The average molecular weight is 411 g/mol. The fraction of sp³-hybridized carbons (Fsp3) is 0.389. The highest BCUT2D eigenvalue weighted by Gasteiger charge is 2.39. The van der Waals surface area contributed by atoms with Crippen molar-refractivity contribution >= 4 is 27.3 Å². The van der Waals surface area contributed by atoms with Crippen LogP contribution in [0.3, 0.4) is 0 Å². The molecule has 1 fully saturated rings. The normalized spacial score (nSPS) is 17.6. The Morgan fingerprint density at radius 3 is 2.70 bits per heavy atom. The molecular formula is C18H22N2O5S2. The van der Waals surface area contributed by atoms with E-state index >= 15 is 0 Å². The second-order valence-electron chi connectivity index (χ2n) is 6.11. The molecule has 1 saturated heterocycles. The van der Waals surface area contributed by atoms with Crippen LogP contribution < -0.4 is 14.8 Å². The summed E-state index contributed by atoms with van der Waals surface area (Å²) >= 11 is 1.16. The Morgan fingerprint density at radius 2 is 2.04 bits per heavy atom. The van der Waals surface area contributed by atoms with Crippen LogP contribution in [0.15, 0.2) is 39.9 Å². The van der Waals surface area contributed by atoms with Gasteiger partial charge in [-0.1, -0.05) is 12.1 Å². The van der Waals surface area contributed by atoms with Gasteiger partial charge in [0.25, 0.3) is 10.0 Å². The largest absolute Gasteiger partial charge is 0.493 e. The van der Waals surface area contributed by atoms with Gasteiger partial charge in [-0.15, -0.1) is 11.3 Å². The van der Waals surface area contributed by atoms with Gasteiger partial charge in [0.15, 0.2) is 11.5 Å². The predicted molar refractivity (Wildman–Crippen MR) is 103 cm³/mol. The minimum absolute atomic E-state index is 0.266. The van der Waals surface area contributed by atoms with Crippen LogP contribution in [-0.2, 0) is 21.4 Å². The molecule has 0 aliphatic carbocycles. The van der Waals surface area contributed by atoms with Crippen molar-refractivity contribution in [3.63, 3.8) is 0 Å². The molecule has 1 aromatic heterocycles. The molecule has 27 heavy (non-hydrogen) atoms. The van der Waals surface area contributed by atoms with E-state index in [9.17, 15) is 13.2 Å². The summed E-state index contributed by atoms with van der Waals surface area (Å²) in [5.74, 6) is 0.894. The van der Waals surface area contributed by atoms with Gasteiger partial charge >= 0.3 is 0 Å². The van der Waals surface area contributed by atoms with E-state index < -0.39 is 16.1 Å². The summed E-state index contributed by atoms with van der Waals surface area (Å²) < 4.78 is 37.6. The van der Waals surface area contributed by atoms with Gasteiger partial charge in [0, 0.05) is 13.1 Å². The zero-order valence-electron chi connectivity index (χ0n) is 15.2. The third-order valence-electron chi connectivity index (χ3n) is 4.48. The second-order valence-corrected chi connectivity index (χ2v) is 9.18. The van der Waals surface area contributed by atoms with Crippen LogP contribution in [0.4, 0.5) is 0 Å². The van der Waals surface area contributed by atoms with Crippen LogP contribution in [0, 0.1) is 0 Å². The van der Waals surface area contributed by atoms with Gasteiger partial charge < -0.3 is 14.8 Å². The number of rotatable bonds is 7. The lowest BCUT2D eigenvalue weighted by atomic mass is 10.1. The number of hydrogen-bond donors (Lipinski definition) is 1. The van der Waals surface area contributed by atoms with Crippen molar-refractivity contribution < 1.29 is 22.7 Å². The monoisotopic (exact) mass is 410 g/mol. The van der Waals surface area contributed by atoms with Gasteiger partial charge in [-0.25, -0.2) is 8.42 Å². The number of carbonyl (C=O) groups is 1. The number of carbonyl (C=O) groups excluding carboxylic acids is 1. The molecule has 1 aromatic carbocycles. The lowest BCUT2D eigenvalue weighted by Gasteiger charge is -2.22. The third-order valence-corrected chi connectivity index (χ3v) is 7.76. The Balaban J connectivity index is 1.69. The molecule has 1 aliphatic rings. The molecule has 3 rings (SSSR count). The quantitative estimate of drug-likeness (QED) is 0.757. The number of nitrogens with zero attached hydrogens (tertiary/aromatic N) is 1. The fourth-order valence-corrected chi connectivity index (χ4v) is 5.89. The first-order valence-corrected chi connectivity index (χ1v) is 10.8. The molecule has 146 valence electrons. The van der Waals surface area contributed by atoms with E-state index in [4.69, 9.17) is 9.47 Å². The van der Waals surface area contributed by atoms with Gasteiger partial charge in [-0.2, -0.15) is 4.31 Å². The number of hydrogen-bond acceptors (Lipinski definition) is 6. The van der Waals surface area contributed by atoms with Gasteiger partial charge in [0.1, 0.15) is 10.3 Å². The van der Waals surface area contributed by atoms with Crippen LogP contribution in [0.2, 0.25) is 0 Å². The molecule has 9 heteroatoms. The van der Waals surface area contributed by atoms with Gasteiger partial charge in [0.05, 0.1) is 14.2 Å². The molecule has 2 heterocycles. The number of nitrogens with one attached hydrogen (secondary N) is 1. The fourth-order valence-electron chi connectivity index (χ4n) is 3.11. The molecule has 1 N–H and O–H groups in total. The smallest absolute Gasteiger partial charge is 0.253 e. The highest BCUT2D eigenvalue weighted by molar-refractivity contribution is 7.91. The highest BCUT2D eigenvalue weighted by atomic mass is 32.2. The number of amides is 1. The van der Waals surface area contributed by atoms with Crippen molar-refractivity contribution in [3.8, 4) is 11.5 Å². The minimum Gasteiger partial charge on any atom is -0.493 e. The molecule has 7 nitrogen and oxygen atoms in total. The summed E-state index contributed by atoms with van der Waals surface area (Å²) in [5, 5.41) is 4.56. The molecule has 0 radical (unpaired) electrons. The van der Waals surface area contributed by atoms with Gasteiger partial charge in [-0.3, -0.25) is 4.79 Å². The minimum atomic E-state index is -3.64. The van der Waals surface area contributed by atoms with Crippen LogP contribution in [0.5, 0.6) is 11.5 Å². The first-order chi connectivity index (χ1) is 13.0. The van der Waals surface area contributed by atoms with E-state index in [0.29, 0.717) is 30.9 Å². The first-order valence-electron chi connectivity index (χ1n) is 8.51. The summed E-state index contributed by atoms with van der Waals surface area (Å²) in [6, 6.07) is 7.96. The number of sulfonamides is 1. The maximum Gasteiger partial charge on any atom is 0.253 e. The Hall–Kier alpha value is -2.10. The van der Waals surface area contributed by atoms with Crippen molar-refractivity contribution in [3.05, 3.63) is 41.3 Å². The summed E-state index contributed by atoms with van der Waals surface area (Å²) in [4.78, 5) is 12.7. The van der Waals surface area contributed by atoms with E-state index in [-0.39, 0.29) is 16.7 Å². The van der Waals surface area contributed by atoms with Crippen LogP contribution >= 0.6 is 11.3 Å². The number of methoxy groups -OCH3 is 2. The highest BCUT2D eigenvalue weighted by Crippen LogP contribution is 2.29. The zero-order valence-corrected chi connectivity index (χ0v) is 16.8. The summed E-state index contributed by atoms with van der Waals surface area (Å²) in [6.07, 6.45) is 1.18. The molecule has 1 atom stereocenters. The topological polar surface area (TPSA) is 84.9 Å². The van der Waals surface area contributed by atoms with Crippen molar-refractivity contribution in [2.24, 2.45) is 0 Å². The van der Waals surface area contributed by atoms with Gasteiger partial charge in [-0.05, 0) is 42.0 Å². The molecule has 0 bridgehead atoms. The molecular weight excluding hydrogens is 388 g/mol. The number of benzene rings is 1. The summed E-state index contributed by atoms with van der Waals surface area (Å²) in [5.41, 5.74) is 0.840. The number of thiophene rings is 1. The Morgan fingerprint density at radius 1 is 1.26 bits per heavy atom.